The molecule has 4 rings (SSSR count). The van der Waals surface area contributed by atoms with Crippen molar-refractivity contribution in [3.05, 3.63) is 47.5 Å². The van der Waals surface area contributed by atoms with Gasteiger partial charge in [0.25, 0.3) is 0 Å². The maximum absolute atomic E-state index is 6.51. The normalized spacial score (nSPS) is 22.1. The van der Waals surface area contributed by atoms with Crippen molar-refractivity contribution >= 4 is 0 Å². The van der Waals surface area contributed by atoms with Gasteiger partial charge in [0, 0.05) is 23.5 Å². The molecule has 0 N–H and O–H groups in total. The Morgan fingerprint density at radius 1 is 0.931 bits per heavy atom. The molecule has 4 nitrogen and oxygen atoms in total. The summed E-state index contributed by atoms with van der Waals surface area (Å²) in [5.41, 5.74) is 2.48. The molecule has 2 aromatic rings. The van der Waals surface area contributed by atoms with E-state index in [1.54, 1.807) is 7.11 Å². The Hall–Kier alpha value is -2.36. The van der Waals surface area contributed by atoms with Gasteiger partial charge in [-0.15, -0.1) is 0 Å². The van der Waals surface area contributed by atoms with Crippen molar-refractivity contribution in [2.75, 3.05) is 13.9 Å². The van der Waals surface area contributed by atoms with Gasteiger partial charge in [-0.3, -0.25) is 0 Å². The summed E-state index contributed by atoms with van der Waals surface area (Å²) < 4.78 is 23.1. The Bertz CT molecular complexity index is 814. The smallest absolute Gasteiger partial charge is 0.231 e. The summed E-state index contributed by atoms with van der Waals surface area (Å²) in [6.45, 7) is 4.86. The number of unbranched alkanes of at least 4 members (excludes halogenated alkanes) is 4. The maximum Gasteiger partial charge on any atom is 0.231 e. The highest BCUT2D eigenvalue weighted by atomic mass is 16.7. The van der Waals surface area contributed by atoms with Gasteiger partial charge < -0.3 is 18.9 Å². The summed E-state index contributed by atoms with van der Waals surface area (Å²) in [7, 11) is 1.70. The van der Waals surface area contributed by atoms with Crippen LogP contribution in [0.4, 0.5) is 0 Å². The van der Waals surface area contributed by atoms with E-state index in [4.69, 9.17) is 18.9 Å². The average molecular weight is 397 g/mol. The average Bonchev–Trinajstić information content (AvgIpc) is 3.20. The lowest BCUT2D eigenvalue weighted by atomic mass is 9.75. The van der Waals surface area contributed by atoms with E-state index >= 15 is 0 Å². The molecule has 0 fully saturated rings. The van der Waals surface area contributed by atoms with E-state index in [0.717, 1.165) is 29.4 Å². The fraction of sp³-hybridized carbons (Fsp3) is 0.520. The van der Waals surface area contributed by atoms with Crippen LogP contribution < -0.4 is 18.9 Å². The van der Waals surface area contributed by atoms with Crippen LogP contribution in [0.1, 0.15) is 69.4 Å². The van der Waals surface area contributed by atoms with Gasteiger partial charge in [0.2, 0.25) is 6.79 Å². The van der Waals surface area contributed by atoms with Gasteiger partial charge in [0.15, 0.2) is 11.5 Å². The molecule has 2 aliphatic rings. The molecular weight excluding hydrogens is 364 g/mol. The van der Waals surface area contributed by atoms with Gasteiger partial charge in [0.1, 0.15) is 17.6 Å². The van der Waals surface area contributed by atoms with Crippen molar-refractivity contribution in [2.45, 2.75) is 64.4 Å². The predicted octanol–water partition coefficient (Wildman–Crippen LogP) is 6.31. The minimum absolute atomic E-state index is 0.205. The van der Waals surface area contributed by atoms with Gasteiger partial charge >= 0.3 is 0 Å². The fourth-order valence-electron chi connectivity index (χ4n) is 4.62. The summed E-state index contributed by atoms with van der Waals surface area (Å²) in [4.78, 5) is 0. The van der Waals surface area contributed by atoms with E-state index in [2.05, 4.69) is 32.0 Å². The molecule has 3 unspecified atom stereocenters. The molecular formula is C25H32O4. The van der Waals surface area contributed by atoms with E-state index in [1.807, 2.05) is 18.2 Å². The number of fused-ring (bicyclic) bond motifs is 2. The van der Waals surface area contributed by atoms with Crippen molar-refractivity contribution in [2.24, 2.45) is 5.92 Å². The van der Waals surface area contributed by atoms with Crippen LogP contribution >= 0.6 is 0 Å². The van der Waals surface area contributed by atoms with Crippen LogP contribution in [0.3, 0.4) is 0 Å². The topological polar surface area (TPSA) is 36.9 Å². The van der Waals surface area contributed by atoms with Gasteiger partial charge in [0.05, 0.1) is 7.11 Å². The number of benzene rings is 2. The van der Waals surface area contributed by atoms with Crippen molar-refractivity contribution in [3.63, 3.8) is 0 Å². The van der Waals surface area contributed by atoms with Gasteiger partial charge in [-0.2, -0.15) is 0 Å². The number of hydrogen-bond acceptors (Lipinski definition) is 4. The molecule has 0 bridgehead atoms. The van der Waals surface area contributed by atoms with Gasteiger partial charge in [-0.05, 0) is 36.6 Å². The van der Waals surface area contributed by atoms with Crippen LogP contribution in [0, 0.1) is 5.92 Å². The lowest BCUT2D eigenvalue weighted by Crippen LogP contribution is -2.35. The van der Waals surface area contributed by atoms with E-state index in [0.29, 0.717) is 5.92 Å². The molecule has 0 saturated heterocycles. The first-order valence-electron chi connectivity index (χ1n) is 11.0. The molecule has 0 radical (unpaired) electrons. The first-order valence-corrected chi connectivity index (χ1v) is 11.0. The molecule has 0 saturated carbocycles. The Labute approximate surface area is 174 Å². The van der Waals surface area contributed by atoms with Gasteiger partial charge in [-0.1, -0.05) is 51.7 Å². The molecule has 0 aliphatic carbocycles. The summed E-state index contributed by atoms with van der Waals surface area (Å²) in [6, 6.07) is 12.6. The fourth-order valence-corrected chi connectivity index (χ4v) is 4.62. The standard InChI is InChI=1S/C25H32O4/c1-4-5-6-7-8-9-21-17(2)25(18-10-12-19(26-3)13-11-18)20-14-23-24(28-16-27-23)15-22(20)29-21/h10-15,17,21,25H,4-9,16H2,1-3H3. The zero-order chi connectivity index (χ0) is 20.2. The third-order valence-corrected chi connectivity index (χ3v) is 6.30. The van der Waals surface area contributed by atoms with Crippen LogP contribution in [0.15, 0.2) is 36.4 Å². The quantitative estimate of drug-likeness (QED) is 0.490. The Balaban J connectivity index is 1.62. The molecule has 0 aromatic heterocycles. The van der Waals surface area contributed by atoms with Crippen molar-refractivity contribution in [1.29, 1.82) is 0 Å². The highest BCUT2D eigenvalue weighted by Crippen LogP contribution is 2.49. The van der Waals surface area contributed by atoms with E-state index in [9.17, 15) is 0 Å². The molecule has 4 heteroatoms. The zero-order valence-electron chi connectivity index (χ0n) is 17.8. The summed E-state index contributed by atoms with van der Waals surface area (Å²) >= 11 is 0. The highest BCUT2D eigenvalue weighted by molar-refractivity contribution is 5.56. The predicted molar refractivity (Wildman–Crippen MR) is 114 cm³/mol. The van der Waals surface area contributed by atoms with Crippen LogP contribution in [-0.2, 0) is 0 Å². The Morgan fingerprint density at radius 2 is 1.66 bits per heavy atom. The first-order chi connectivity index (χ1) is 14.2. The molecule has 29 heavy (non-hydrogen) atoms. The van der Waals surface area contributed by atoms with Crippen molar-refractivity contribution in [3.8, 4) is 23.0 Å². The first kappa shape index (κ1) is 19.9. The summed E-state index contributed by atoms with van der Waals surface area (Å²) in [5, 5.41) is 0. The minimum Gasteiger partial charge on any atom is -0.497 e. The summed E-state index contributed by atoms with van der Waals surface area (Å²) in [6.07, 6.45) is 7.70. The molecule has 3 atom stereocenters. The third kappa shape index (κ3) is 4.17. The SMILES string of the molecule is CCCCCCCC1Oc2cc3c(cc2C(c2ccc(OC)cc2)C1C)OCO3. The lowest BCUT2D eigenvalue weighted by molar-refractivity contribution is 0.0992. The van der Waals surface area contributed by atoms with Crippen molar-refractivity contribution < 1.29 is 18.9 Å². The third-order valence-electron chi connectivity index (χ3n) is 6.30. The largest absolute Gasteiger partial charge is 0.497 e. The van der Waals surface area contributed by atoms with Crippen LogP contribution in [0.2, 0.25) is 0 Å². The van der Waals surface area contributed by atoms with Crippen LogP contribution in [0.5, 0.6) is 23.0 Å². The van der Waals surface area contributed by atoms with Crippen LogP contribution in [-0.4, -0.2) is 20.0 Å². The van der Waals surface area contributed by atoms with Gasteiger partial charge in [-0.25, -0.2) is 0 Å². The molecule has 2 aliphatic heterocycles. The number of rotatable bonds is 8. The molecule has 2 heterocycles. The summed E-state index contributed by atoms with van der Waals surface area (Å²) in [5.74, 6) is 4.06. The van der Waals surface area contributed by atoms with Crippen molar-refractivity contribution in [1.82, 2.24) is 0 Å². The second-order valence-corrected chi connectivity index (χ2v) is 8.21. The molecule has 2 aromatic carbocycles. The van der Waals surface area contributed by atoms with Crippen LogP contribution in [0.25, 0.3) is 0 Å². The molecule has 0 spiro atoms. The number of ether oxygens (including phenoxy) is 4. The zero-order valence-corrected chi connectivity index (χ0v) is 17.8. The minimum atomic E-state index is 0.205. The molecule has 0 amide bonds. The Kier molecular flexibility index (Phi) is 6.17. The monoisotopic (exact) mass is 396 g/mol. The highest BCUT2D eigenvalue weighted by Gasteiger charge is 2.37. The second-order valence-electron chi connectivity index (χ2n) is 8.21. The van der Waals surface area contributed by atoms with E-state index in [1.165, 1.54) is 43.2 Å². The van der Waals surface area contributed by atoms with E-state index in [-0.39, 0.29) is 18.8 Å². The Morgan fingerprint density at radius 3 is 2.38 bits per heavy atom. The number of hydrogen-bond donors (Lipinski definition) is 0. The molecule has 156 valence electrons. The maximum atomic E-state index is 6.51. The number of methoxy groups -OCH3 is 1. The lowest BCUT2D eigenvalue weighted by Gasteiger charge is -2.38. The van der Waals surface area contributed by atoms with E-state index < -0.39 is 0 Å². The second kappa shape index (κ2) is 8.98.